The van der Waals surface area contributed by atoms with Crippen molar-refractivity contribution >= 4 is 0 Å². The molecular formula is C15H21FNO. The van der Waals surface area contributed by atoms with Gasteiger partial charge in [0.2, 0.25) is 0 Å². The van der Waals surface area contributed by atoms with Gasteiger partial charge in [0, 0.05) is 19.7 Å². The lowest BCUT2D eigenvalue weighted by molar-refractivity contribution is 0.185. The van der Waals surface area contributed by atoms with Crippen LogP contribution >= 0.6 is 0 Å². The zero-order valence-corrected chi connectivity index (χ0v) is 11.1. The lowest BCUT2D eigenvalue weighted by Gasteiger charge is -2.11. The lowest BCUT2D eigenvalue weighted by atomic mass is 10.0. The molecule has 2 nitrogen and oxygen atoms in total. The van der Waals surface area contributed by atoms with Gasteiger partial charge in [0.15, 0.2) is 0 Å². The van der Waals surface area contributed by atoms with E-state index < -0.39 is 0 Å². The number of benzene rings is 1. The fraction of sp³-hybridized carbons (Fsp3) is 0.533. The average molecular weight is 250 g/mol. The van der Waals surface area contributed by atoms with Crippen molar-refractivity contribution in [1.82, 2.24) is 5.32 Å². The molecule has 1 saturated heterocycles. The third-order valence-corrected chi connectivity index (χ3v) is 3.32. The smallest absolute Gasteiger partial charge is 0.123 e. The second kappa shape index (κ2) is 6.30. The Hall–Kier alpha value is -0.930. The Morgan fingerprint density at radius 3 is 2.89 bits per heavy atom. The summed E-state index contributed by atoms with van der Waals surface area (Å²) in [6.07, 6.45) is 1.13. The van der Waals surface area contributed by atoms with Gasteiger partial charge in [-0.15, -0.1) is 0 Å². The minimum absolute atomic E-state index is 0.158. The predicted molar refractivity (Wildman–Crippen MR) is 70.7 cm³/mol. The van der Waals surface area contributed by atoms with Gasteiger partial charge in [-0.1, -0.05) is 19.9 Å². The van der Waals surface area contributed by atoms with E-state index in [4.69, 9.17) is 4.74 Å². The van der Waals surface area contributed by atoms with E-state index in [1.807, 2.05) is 13.8 Å². The van der Waals surface area contributed by atoms with Crippen LogP contribution < -0.4 is 5.32 Å². The van der Waals surface area contributed by atoms with E-state index in [1.165, 1.54) is 0 Å². The monoisotopic (exact) mass is 250 g/mol. The van der Waals surface area contributed by atoms with Crippen LogP contribution in [0.5, 0.6) is 0 Å². The van der Waals surface area contributed by atoms with Crippen LogP contribution in [0.1, 0.15) is 31.4 Å². The van der Waals surface area contributed by atoms with Gasteiger partial charge in [-0.25, -0.2) is 4.39 Å². The van der Waals surface area contributed by atoms with Gasteiger partial charge in [0.25, 0.3) is 0 Å². The maximum absolute atomic E-state index is 13.5. The minimum Gasteiger partial charge on any atom is -0.381 e. The molecular weight excluding hydrogens is 229 g/mol. The standard InChI is InChI=1S/C15H21FNO/c1-11(2)14-5-13(6-15(16)7-14)9-17-8-12-3-4-18-10-12/h5-7,12,17H,3-4,8-10H2,1-2H3. The van der Waals surface area contributed by atoms with E-state index in [-0.39, 0.29) is 5.82 Å². The zero-order valence-electron chi connectivity index (χ0n) is 11.1. The Balaban J connectivity index is 1.88. The number of hydrogen-bond acceptors (Lipinski definition) is 2. The van der Waals surface area contributed by atoms with E-state index in [0.29, 0.717) is 12.5 Å². The molecule has 0 amide bonds. The van der Waals surface area contributed by atoms with Crippen molar-refractivity contribution < 1.29 is 9.13 Å². The highest BCUT2D eigenvalue weighted by Crippen LogP contribution is 2.17. The van der Waals surface area contributed by atoms with Gasteiger partial charge < -0.3 is 10.1 Å². The molecule has 1 aliphatic rings. The van der Waals surface area contributed by atoms with Crippen LogP contribution in [0.15, 0.2) is 18.2 Å². The summed E-state index contributed by atoms with van der Waals surface area (Å²) < 4.78 is 18.8. The molecule has 1 heterocycles. The number of rotatable bonds is 5. The number of halogens is 1. The summed E-state index contributed by atoms with van der Waals surface area (Å²) in [4.78, 5) is 0. The normalized spacial score (nSPS) is 19.7. The van der Waals surface area contributed by atoms with Crippen molar-refractivity contribution in [3.8, 4) is 0 Å². The molecule has 99 valence electrons. The Morgan fingerprint density at radius 2 is 2.22 bits per heavy atom. The number of ether oxygens (including phenoxy) is 1. The summed E-state index contributed by atoms with van der Waals surface area (Å²) in [5, 5.41) is 3.38. The molecule has 1 radical (unpaired) electrons. The summed E-state index contributed by atoms with van der Waals surface area (Å²) in [5.41, 5.74) is 1.99. The summed E-state index contributed by atoms with van der Waals surface area (Å²) >= 11 is 0. The fourth-order valence-electron chi connectivity index (χ4n) is 2.21. The molecule has 1 aliphatic heterocycles. The average Bonchev–Trinajstić information content (AvgIpc) is 2.81. The van der Waals surface area contributed by atoms with Crippen LogP contribution in [0.25, 0.3) is 0 Å². The number of nitrogens with one attached hydrogen (secondary N) is 1. The Labute approximate surface area is 109 Å². The van der Waals surface area contributed by atoms with Gasteiger partial charge in [0.05, 0.1) is 6.61 Å². The molecule has 1 unspecified atom stereocenters. The van der Waals surface area contributed by atoms with Crippen LogP contribution in [0.4, 0.5) is 4.39 Å². The molecule has 3 heteroatoms. The first-order chi connectivity index (χ1) is 8.65. The highest BCUT2D eigenvalue weighted by molar-refractivity contribution is 5.33. The van der Waals surface area contributed by atoms with E-state index in [9.17, 15) is 4.39 Å². The maximum atomic E-state index is 13.5. The molecule has 0 bridgehead atoms. The van der Waals surface area contributed by atoms with Gasteiger partial charge in [0.1, 0.15) is 5.82 Å². The zero-order chi connectivity index (χ0) is 13.0. The molecule has 0 aliphatic carbocycles. The molecule has 1 fully saturated rings. The van der Waals surface area contributed by atoms with E-state index >= 15 is 0 Å². The van der Waals surface area contributed by atoms with Crippen LogP contribution in [0, 0.1) is 17.7 Å². The molecule has 2 rings (SSSR count). The summed E-state index contributed by atoms with van der Waals surface area (Å²) in [5.74, 6) is 1.59. The summed E-state index contributed by atoms with van der Waals surface area (Å²) in [6.45, 7) is 7.39. The maximum Gasteiger partial charge on any atom is 0.123 e. The summed E-state index contributed by atoms with van der Waals surface area (Å²) in [6, 6.07) is 5.24. The van der Waals surface area contributed by atoms with Crippen molar-refractivity contribution in [3.05, 3.63) is 41.1 Å². The van der Waals surface area contributed by atoms with Gasteiger partial charge in [-0.05, 0) is 41.5 Å². The third-order valence-electron chi connectivity index (χ3n) is 3.32. The van der Waals surface area contributed by atoms with Crippen LogP contribution in [0.2, 0.25) is 0 Å². The van der Waals surface area contributed by atoms with Crippen LogP contribution in [-0.2, 0) is 11.3 Å². The second-order valence-electron chi connectivity index (χ2n) is 5.21. The quantitative estimate of drug-likeness (QED) is 0.867. The van der Waals surface area contributed by atoms with E-state index in [1.54, 1.807) is 12.1 Å². The highest BCUT2D eigenvalue weighted by atomic mass is 19.1. The molecule has 0 spiro atoms. The Kier molecular flexibility index (Phi) is 4.72. The van der Waals surface area contributed by atoms with Crippen molar-refractivity contribution in [2.45, 2.75) is 26.8 Å². The number of hydrogen-bond donors (Lipinski definition) is 1. The van der Waals surface area contributed by atoms with E-state index in [0.717, 1.165) is 43.2 Å². The van der Waals surface area contributed by atoms with Gasteiger partial charge >= 0.3 is 0 Å². The van der Waals surface area contributed by atoms with Crippen molar-refractivity contribution in [1.29, 1.82) is 0 Å². The molecule has 1 atom stereocenters. The molecule has 0 saturated carbocycles. The predicted octanol–water partition coefficient (Wildman–Crippen LogP) is 2.91. The van der Waals surface area contributed by atoms with Crippen molar-refractivity contribution in [2.75, 3.05) is 19.8 Å². The van der Waals surface area contributed by atoms with Gasteiger partial charge in [-0.3, -0.25) is 0 Å². The molecule has 18 heavy (non-hydrogen) atoms. The largest absolute Gasteiger partial charge is 0.381 e. The lowest BCUT2D eigenvalue weighted by Crippen LogP contribution is -2.22. The Morgan fingerprint density at radius 1 is 1.39 bits per heavy atom. The topological polar surface area (TPSA) is 21.3 Å². The molecule has 1 aromatic rings. The summed E-state index contributed by atoms with van der Waals surface area (Å²) in [7, 11) is 0. The SMILES string of the molecule is C[C](C)c1cc(F)cc(CNCC2CCOC2)c1. The first kappa shape index (κ1) is 13.5. The van der Waals surface area contributed by atoms with Crippen LogP contribution in [-0.4, -0.2) is 19.8 Å². The molecule has 1 aromatic carbocycles. The minimum atomic E-state index is -0.158. The molecule has 0 aromatic heterocycles. The first-order valence-electron chi connectivity index (χ1n) is 6.53. The Bertz CT molecular complexity index is 386. The van der Waals surface area contributed by atoms with Crippen LogP contribution in [0.3, 0.4) is 0 Å². The molecule has 1 N–H and O–H groups in total. The fourth-order valence-corrected chi connectivity index (χ4v) is 2.21. The highest BCUT2D eigenvalue weighted by Gasteiger charge is 2.14. The van der Waals surface area contributed by atoms with Crippen molar-refractivity contribution in [3.63, 3.8) is 0 Å². The second-order valence-corrected chi connectivity index (χ2v) is 5.21. The van der Waals surface area contributed by atoms with E-state index in [2.05, 4.69) is 11.4 Å². The third kappa shape index (κ3) is 3.79. The van der Waals surface area contributed by atoms with Crippen molar-refractivity contribution in [2.24, 2.45) is 5.92 Å². The van der Waals surface area contributed by atoms with Gasteiger partial charge in [-0.2, -0.15) is 0 Å². The first-order valence-corrected chi connectivity index (χ1v) is 6.53.